The Kier molecular flexibility index (Phi) is 4.97. The monoisotopic (exact) mass is 509 g/mol. The van der Waals surface area contributed by atoms with Crippen molar-refractivity contribution in [3.8, 4) is 17.3 Å². The first-order chi connectivity index (χ1) is 18.6. The molecule has 2 N–H and O–H groups in total. The molecule has 38 heavy (non-hydrogen) atoms. The van der Waals surface area contributed by atoms with Gasteiger partial charge in [0.2, 0.25) is 0 Å². The number of fused-ring (bicyclic) bond motifs is 4. The van der Waals surface area contributed by atoms with Gasteiger partial charge in [0, 0.05) is 48.2 Å². The van der Waals surface area contributed by atoms with Crippen molar-refractivity contribution < 1.29 is 9.53 Å². The van der Waals surface area contributed by atoms with E-state index in [1.54, 1.807) is 7.11 Å². The van der Waals surface area contributed by atoms with E-state index in [0.29, 0.717) is 17.4 Å². The molecule has 4 aromatic rings. The molecule has 3 aliphatic carbocycles. The van der Waals surface area contributed by atoms with Crippen molar-refractivity contribution in [3.05, 3.63) is 48.0 Å². The average Bonchev–Trinajstić information content (AvgIpc) is 3.82. The Labute approximate surface area is 222 Å². The van der Waals surface area contributed by atoms with E-state index in [-0.39, 0.29) is 18.0 Å². The lowest BCUT2D eigenvalue weighted by Crippen LogP contribution is -2.41. The lowest BCUT2D eigenvalue weighted by molar-refractivity contribution is 0.0700. The molecule has 2 unspecified atom stereocenters. The molecule has 4 aliphatic rings. The number of ether oxygens (including phenoxy) is 1. The Bertz CT molecular complexity index is 1580. The molecule has 2 aromatic heterocycles. The van der Waals surface area contributed by atoms with Crippen LogP contribution in [0.5, 0.6) is 5.75 Å². The van der Waals surface area contributed by atoms with E-state index in [2.05, 4.69) is 39.5 Å². The predicted molar refractivity (Wildman–Crippen MR) is 148 cm³/mol. The number of imidazole rings is 1. The van der Waals surface area contributed by atoms with Gasteiger partial charge in [-0.1, -0.05) is 18.2 Å². The predicted octanol–water partition coefficient (Wildman–Crippen LogP) is 5.05. The number of nitrogens with zero attached hydrogens (tertiary/aromatic N) is 4. The van der Waals surface area contributed by atoms with E-state index in [9.17, 15) is 4.79 Å². The molecule has 2 aromatic carbocycles. The first-order valence-corrected chi connectivity index (χ1v) is 14.3. The highest BCUT2D eigenvalue weighted by Gasteiger charge is 2.47. The second-order valence-corrected chi connectivity index (χ2v) is 12.1. The average molecular weight is 510 g/mol. The van der Waals surface area contributed by atoms with Crippen LogP contribution in [0.2, 0.25) is 0 Å². The van der Waals surface area contributed by atoms with Gasteiger partial charge in [0.05, 0.1) is 18.3 Å². The van der Waals surface area contributed by atoms with Gasteiger partial charge in [-0.15, -0.1) is 0 Å². The number of benzene rings is 2. The molecule has 7 nitrogen and oxygen atoms in total. The number of likely N-dealkylation sites (tertiary alicyclic amines) is 1. The molecule has 3 saturated carbocycles. The van der Waals surface area contributed by atoms with Crippen LogP contribution in [-0.4, -0.2) is 50.7 Å². The van der Waals surface area contributed by atoms with Crippen molar-refractivity contribution in [2.45, 2.75) is 63.7 Å². The molecule has 2 bridgehead atoms. The molecule has 0 spiro atoms. The molecule has 7 heteroatoms. The summed E-state index contributed by atoms with van der Waals surface area (Å²) >= 11 is 0. The number of carbonyl (C=O) groups excluding carboxylic acids is 1. The molecule has 3 heterocycles. The Morgan fingerprint density at radius 3 is 2.45 bits per heavy atom. The number of para-hydroxylation sites is 1. The fourth-order valence-electron chi connectivity index (χ4n) is 7.04. The standard InChI is InChI=1S/C31H35N5O2/c1-38-27-14-22(31(37)35-17-21-10-11-25(35)28(21)32)12-23-29(27)36(16-19-8-9-19)30(33-23)26-13-20-4-2-3-5-24(20)34(26)15-18-6-7-18/h2-5,12-14,18-19,21,25,28H,6-11,15-17,32H2,1H3/t21?,25?,28-/m1/s1. The van der Waals surface area contributed by atoms with Gasteiger partial charge in [-0.2, -0.15) is 0 Å². The van der Waals surface area contributed by atoms with E-state index in [4.69, 9.17) is 15.5 Å². The van der Waals surface area contributed by atoms with Crippen LogP contribution >= 0.6 is 0 Å². The lowest BCUT2D eigenvalue weighted by atomic mass is 10.1. The van der Waals surface area contributed by atoms with Crippen LogP contribution in [-0.2, 0) is 13.1 Å². The van der Waals surface area contributed by atoms with E-state index in [1.807, 2.05) is 17.0 Å². The molecule has 0 radical (unpaired) electrons. The van der Waals surface area contributed by atoms with Gasteiger partial charge in [0.1, 0.15) is 11.3 Å². The topological polar surface area (TPSA) is 78.3 Å². The smallest absolute Gasteiger partial charge is 0.254 e. The Morgan fingerprint density at radius 1 is 1.00 bits per heavy atom. The number of aromatic nitrogens is 3. The summed E-state index contributed by atoms with van der Waals surface area (Å²) in [4.78, 5) is 21.0. The number of methoxy groups -OCH3 is 1. The summed E-state index contributed by atoms with van der Waals surface area (Å²) < 4.78 is 10.8. The summed E-state index contributed by atoms with van der Waals surface area (Å²) in [6.45, 7) is 2.70. The number of nitrogens with two attached hydrogens (primary N) is 1. The maximum atomic E-state index is 13.7. The maximum absolute atomic E-state index is 13.7. The van der Waals surface area contributed by atoms with Crippen molar-refractivity contribution in [1.29, 1.82) is 0 Å². The Balaban J connectivity index is 1.29. The third-order valence-electron chi connectivity index (χ3n) is 9.50. The van der Waals surface area contributed by atoms with Gasteiger partial charge in [-0.25, -0.2) is 4.98 Å². The second-order valence-electron chi connectivity index (χ2n) is 12.1. The number of carbonyl (C=O) groups is 1. The van der Waals surface area contributed by atoms with Crippen molar-refractivity contribution in [2.24, 2.45) is 23.5 Å². The number of hydrogen-bond acceptors (Lipinski definition) is 4. The molecule has 1 aliphatic heterocycles. The molecular weight excluding hydrogens is 474 g/mol. The van der Waals surface area contributed by atoms with Crippen molar-refractivity contribution >= 4 is 27.8 Å². The molecule has 196 valence electrons. The maximum Gasteiger partial charge on any atom is 0.254 e. The fourth-order valence-corrected chi connectivity index (χ4v) is 7.04. The molecule has 1 amide bonds. The van der Waals surface area contributed by atoms with Crippen LogP contribution in [0.15, 0.2) is 42.5 Å². The normalized spacial score (nSPS) is 24.7. The largest absolute Gasteiger partial charge is 0.494 e. The van der Waals surface area contributed by atoms with Crippen molar-refractivity contribution in [1.82, 2.24) is 19.0 Å². The van der Waals surface area contributed by atoms with Gasteiger partial charge >= 0.3 is 0 Å². The number of piperidine rings is 1. The third-order valence-corrected chi connectivity index (χ3v) is 9.50. The Hall–Kier alpha value is -3.32. The summed E-state index contributed by atoms with van der Waals surface area (Å²) in [6.07, 6.45) is 7.23. The summed E-state index contributed by atoms with van der Waals surface area (Å²) in [5, 5.41) is 1.25. The van der Waals surface area contributed by atoms with Crippen LogP contribution in [0.4, 0.5) is 0 Å². The highest BCUT2D eigenvalue weighted by molar-refractivity contribution is 6.00. The van der Waals surface area contributed by atoms with Crippen LogP contribution in [0.25, 0.3) is 33.5 Å². The Morgan fingerprint density at radius 2 is 1.76 bits per heavy atom. The summed E-state index contributed by atoms with van der Waals surface area (Å²) in [6, 6.07) is 15.1. The zero-order valence-electron chi connectivity index (χ0n) is 22.0. The van der Waals surface area contributed by atoms with Gasteiger partial charge in [-0.3, -0.25) is 4.79 Å². The summed E-state index contributed by atoms with van der Waals surface area (Å²) in [5.41, 5.74) is 11.3. The van der Waals surface area contributed by atoms with Crippen molar-refractivity contribution in [2.75, 3.05) is 13.7 Å². The number of hydrogen-bond donors (Lipinski definition) is 1. The van der Waals surface area contributed by atoms with Gasteiger partial charge < -0.3 is 24.5 Å². The zero-order chi connectivity index (χ0) is 25.5. The van der Waals surface area contributed by atoms with Crippen LogP contribution in [0.1, 0.15) is 48.9 Å². The molecule has 4 fully saturated rings. The first kappa shape index (κ1) is 22.6. The molecule has 1 saturated heterocycles. The lowest BCUT2D eigenvalue weighted by Gasteiger charge is -2.27. The van der Waals surface area contributed by atoms with Gasteiger partial charge in [0.15, 0.2) is 5.82 Å². The minimum Gasteiger partial charge on any atom is -0.494 e. The minimum atomic E-state index is 0.0500. The van der Waals surface area contributed by atoms with E-state index in [0.717, 1.165) is 66.7 Å². The molecular formula is C31H35N5O2. The van der Waals surface area contributed by atoms with Gasteiger partial charge in [-0.05, 0) is 80.5 Å². The summed E-state index contributed by atoms with van der Waals surface area (Å²) in [5.74, 6) is 3.59. The molecule has 8 rings (SSSR count). The highest BCUT2D eigenvalue weighted by atomic mass is 16.5. The van der Waals surface area contributed by atoms with Crippen LogP contribution in [0.3, 0.4) is 0 Å². The van der Waals surface area contributed by atoms with Crippen molar-refractivity contribution in [3.63, 3.8) is 0 Å². The quantitative estimate of drug-likeness (QED) is 0.378. The fraction of sp³-hybridized carbons (Fsp3) is 0.484. The second kappa shape index (κ2) is 8.34. The number of rotatable bonds is 7. The SMILES string of the molecule is COc1cc(C(=O)N2CC3CCC2[C@@H]3N)cc2nc(-c3cc4ccccc4n3CC3CC3)n(CC3CC3)c12. The highest BCUT2D eigenvalue weighted by Crippen LogP contribution is 2.42. The van der Waals surface area contributed by atoms with E-state index in [1.165, 1.54) is 36.6 Å². The van der Waals surface area contributed by atoms with Crippen LogP contribution in [0, 0.1) is 17.8 Å². The summed E-state index contributed by atoms with van der Waals surface area (Å²) in [7, 11) is 1.70. The van der Waals surface area contributed by atoms with Crippen LogP contribution < -0.4 is 10.5 Å². The van der Waals surface area contributed by atoms with E-state index >= 15 is 0 Å². The minimum absolute atomic E-state index is 0.0500. The first-order valence-electron chi connectivity index (χ1n) is 14.3. The number of amides is 1. The zero-order valence-corrected chi connectivity index (χ0v) is 22.0. The molecule has 3 atom stereocenters. The third kappa shape index (κ3) is 3.51. The van der Waals surface area contributed by atoms with Gasteiger partial charge in [0.25, 0.3) is 5.91 Å². The van der Waals surface area contributed by atoms with E-state index < -0.39 is 0 Å².